The van der Waals surface area contributed by atoms with Crippen LogP contribution in [0.4, 0.5) is 0 Å². The fourth-order valence-electron chi connectivity index (χ4n) is 1.45. The topological polar surface area (TPSA) is 68.5 Å². The standard InChI is InChI=1S/C11H18N6S2/c1-8(2)10-13-9(6-18-10)7-19-11-14-15-16-17(11)5-4-12-3/h6,8,12H,4-5,7H2,1-3H3. The fourth-order valence-corrected chi connectivity index (χ4v) is 3.19. The van der Waals surface area contributed by atoms with Crippen LogP contribution < -0.4 is 5.32 Å². The summed E-state index contributed by atoms with van der Waals surface area (Å²) in [5.41, 5.74) is 1.10. The summed E-state index contributed by atoms with van der Waals surface area (Å²) in [6.45, 7) is 5.95. The van der Waals surface area contributed by atoms with Crippen LogP contribution in [0.2, 0.25) is 0 Å². The zero-order chi connectivity index (χ0) is 13.7. The summed E-state index contributed by atoms with van der Waals surface area (Å²) >= 11 is 3.35. The lowest BCUT2D eigenvalue weighted by Gasteiger charge is -2.02. The largest absolute Gasteiger partial charge is 0.318 e. The number of thioether (sulfide) groups is 1. The molecule has 0 unspecified atom stereocenters. The molecule has 0 saturated heterocycles. The highest BCUT2D eigenvalue weighted by atomic mass is 32.2. The molecule has 0 spiro atoms. The van der Waals surface area contributed by atoms with E-state index in [4.69, 9.17) is 0 Å². The van der Waals surface area contributed by atoms with Gasteiger partial charge in [-0.05, 0) is 17.5 Å². The van der Waals surface area contributed by atoms with Crippen LogP contribution in [0.5, 0.6) is 0 Å². The number of aromatic nitrogens is 5. The molecule has 2 aromatic heterocycles. The predicted octanol–water partition coefficient (Wildman–Crippen LogP) is 1.76. The second-order valence-corrected chi connectivity index (χ2v) is 6.24. The first kappa shape index (κ1) is 14.4. The van der Waals surface area contributed by atoms with E-state index in [1.54, 1.807) is 23.1 Å². The molecule has 0 bridgehead atoms. The van der Waals surface area contributed by atoms with Gasteiger partial charge in [0.2, 0.25) is 5.16 Å². The summed E-state index contributed by atoms with van der Waals surface area (Å²) in [4.78, 5) is 4.61. The van der Waals surface area contributed by atoms with E-state index in [0.717, 1.165) is 29.7 Å². The summed E-state index contributed by atoms with van der Waals surface area (Å²) < 4.78 is 1.82. The molecule has 0 aliphatic heterocycles. The molecule has 0 atom stereocenters. The molecule has 0 aromatic carbocycles. The molecule has 1 N–H and O–H groups in total. The Bertz CT molecular complexity index is 507. The first-order valence-corrected chi connectivity index (χ1v) is 8.05. The Labute approximate surface area is 121 Å². The van der Waals surface area contributed by atoms with Gasteiger partial charge in [0.1, 0.15) is 0 Å². The number of rotatable bonds is 7. The average Bonchev–Trinajstić information content (AvgIpc) is 3.02. The first-order chi connectivity index (χ1) is 9.20. The van der Waals surface area contributed by atoms with Crippen molar-refractivity contribution in [1.29, 1.82) is 0 Å². The number of tetrazole rings is 1. The van der Waals surface area contributed by atoms with Crippen LogP contribution in [0.15, 0.2) is 10.5 Å². The van der Waals surface area contributed by atoms with Gasteiger partial charge in [-0.2, -0.15) is 0 Å². The molecular weight excluding hydrogens is 280 g/mol. The summed E-state index contributed by atoms with van der Waals surface area (Å²) in [6.07, 6.45) is 0. The van der Waals surface area contributed by atoms with Gasteiger partial charge in [0.15, 0.2) is 0 Å². The van der Waals surface area contributed by atoms with E-state index in [2.05, 4.69) is 45.1 Å². The third kappa shape index (κ3) is 3.99. The quantitative estimate of drug-likeness (QED) is 0.786. The highest BCUT2D eigenvalue weighted by Crippen LogP contribution is 2.24. The SMILES string of the molecule is CNCCn1nnnc1SCc1csc(C(C)C)n1. The second kappa shape index (κ2) is 6.97. The Morgan fingerprint density at radius 3 is 3.00 bits per heavy atom. The number of nitrogens with one attached hydrogen (secondary N) is 1. The molecule has 0 aliphatic rings. The van der Waals surface area contributed by atoms with Gasteiger partial charge < -0.3 is 5.32 Å². The molecule has 0 radical (unpaired) electrons. The monoisotopic (exact) mass is 298 g/mol. The second-order valence-electron chi connectivity index (χ2n) is 4.41. The smallest absolute Gasteiger partial charge is 0.209 e. The third-order valence-corrected chi connectivity index (χ3v) is 4.67. The van der Waals surface area contributed by atoms with E-state index in [0.29, 0.717) is 5.92 Å². The molecule has 2 heterocycles. The van der Waals surface area contributed by atoms with Crippen molar-refractivity contribution < 1.29 is 0 Å². The maximum absolute atomic E-state index is 4.61. The fraction of sp³-hybridized carbons (Fsp3) is 0.636. The number of hydrogen-bond acceptors (Lipinski definition) is 7. The van der Waals surface area contributed by atoms with Crippen molar-refractivity contribution in [1.82, 2.24) is 30.5 Å². The molecule has 8 heteroatoms. The van der Waals surface area contributed by atoms with Gasteiger partial charge in [0.25, 0.3) is 0 Å². The molecule has 0 saturated carbocycles. The third-order valence-electron chi connectivity index (χ3n) is 2.49. The summed E-state index contributed by atoms with van der Waals surface area (Å²) in [6, 6.07) is 0. The molecule has 0 aliphatic carbocycles. The molecule has 19 heavy (non-hydrogen) atoms. The minimum Gasteiger partial charge on any atom is -0.318 e. The van der Waals surface area contributed by atoms with E-state index in [9.17, 15) is 0 Å². The maximum atomic E-state index is 4.61. The molecular formula is C11H18N6S2. The van der Waals surface area contributed by atoms with Crippen LogP contribution in [0, 0.1) is 0 Å². The highest BCUT2D eigenvalue weighted by Gasteiger charge is 2.09. The normalized spacial score (nSPS) is 11.4. The lowest BCUT2D eigenvalue weighted by atomic mass is 10.2. The van der Waals surface area contributed by atoms with Crippen molar-refractivity contribution in [3.8, 4) is 0 Å². The van der Waals surface area contributed by atoms with Gasteiger partial charge in [-0.25, -0.2) is 9.67 Å². The van der Waals surface area contributed by atoms with Crippen LogP contribution in [-0.2, 0) is 12.3 Å². The molecule has 2 aromatic rings. The minimum absolute atomic E-state index is 0.490. The Balaban J connectivity index is 1.92. The van der Waals surface area contributed by atoms with E-state index < -0.39 is 0 Å². The summed E-state index contributed by atoms with van der Waals surface area (Å²) in [7, 11) is 1.92. The van der Waals surface area contributed by atoms with Gasteiger partial charge in [0.05, 0.1) is 17.2 Å². The zero-order valence-corrected chi connectivity index (χ0v) is 13.0. The van der Waals surface area contributed by atoms with Crippen LogP contribution in [0.3, 0.4) is 0 Å². The van der Waals surface area contributed by atoms with Gasteiger partial charge >= 0.3 is 0 Å². The van der Waals surface area contributed by atoms with E-state index in [1.165, 1.54) is 5.01 Å². The molecule has 6 nitrogen and oxygen atoms in total. The Morgan fingerprint density at radius 2 is 2.32 bits per heavy atom. The lowest BCUT2D eigenvalue weighted by Crippen LogP contribution is -2.16. The van der Waals surface area contributed by atoms with Gasteiger partial charge in [0, 0.05) is 23.6 Å². The van der Waals surface area contributed by atoms with Crippen molar-refractivity contribution in [3.05, 3.63) is 16.1 Å². The van der Waals surface area contributed by atoms with Crippen molar-refractivity contribution in [2.75, 3.05) is 13.6 Å². The Kier molecular flexibility index (Phi) is 5.29. The number of thiazole rings is 1. The van der Waals surface area contributed by atoms with Crippen molar-refractivity contribution in [2.24, 2.45) is 0 Å². The highest BCUT2D eigenvalue weighted by molar-refractivity contribution is 7.98. The van der Waals surface area contributed by atoms with Gasteiger partial charge in [-0.15, -0.1) is 16.4 Å². The van der Waals surface area contributed by atoms with Crippen molar-refractivity contribution >= 4 is 23.1 Å². The van der Waals surface area contributed by atoms with Gasteiger partial charge in [-0.3, -0.25) is 0 Å². The van der Waals surface area contributed by atoms with Crippen LogP contribution in [0.25, 0.3) is 0 Å². The molecule has 104 valence electrons. The molecule has 0 fully saturated rings. The van der Waals surface area contributed by atoms with E-state index in [1.807, 2.05) is 11.7 Å². The predicted molar refractivity (Wildman–Crippen MR) is 77.5 cm³/mol. The Morgan fingerprint density at radius 1 is 1.47 bits per heavy atom. The Hall–Kier alpha value is -0.990. The summed E-state index contributed by atoms with van der Waals surface area (Å²) in [5, 5.41) is 19.0. The van der Waals surface area contributed by atoms with Crippen molar-refractivity contribution in [3.63, 3.8) is 0 Å². The van der Waals surface area contributed by atoms with Crippen LogP contribution in [0.1, 0.15) is 30.5 Å². The van der Waals surface area contributed by atoms with Crippen LogP contribution in [-0.4, -0.2) is 38.8 Å². The lowest BCUT2D eigenvalue weighted by molar-refractivity contribution is 0.530. The van der Waals surface area contributed by atoms with E-state index >= 15 is 0 Å². The average molecular weight is 298 g/mol. The minimum atomic E-state index is 0.490. The van der Waals surface area contributed by atoms with Crippen LogP contribution >= 0.6 is 23.1 Å². The molecule has 0 amide bonds. The molecule has 2 rings (SSSR count). The number of nitrogens with zero attached hydrogens (tertiary/aromatic N) is 5. The number of hydrogen-bond donors (Lipinski definition) is 1. The number of likely N-dealkylation sites (N-methyl/N-ethyl adjacent to an activating group) is 1. The summed E-state index contributed by atoms with van der Waals surface area (Å²) in [5.74, 6) is 1.30. The first-order valence-electron chi connectivity index (χ1n) is 6.18. The van der Waals surface area contributed by atoms with Crippen molar-refractivity contribution in [2.45, 2.75) is 37.2 Å². The zero-order valence-electron chi connectivity index (χ0n) is 11.3. The maximum Gasteiger partial charge on any atom is 0.209 e. The van der Waals surface area contributed by atoms with Gasteiger partial charge in [-0.1, -0.05) is 25.6 Å². The van der Waals surface area contributed by atoms with E-state index in [-0.39, 0.29) is 0 Å².